The van der Waals surface area contributed by atoms with Crippen molar-refractivity contribution in [3.05, 3.63) is 41.5 Å². The number of aromatic nitrogens is 2. The molecular weight excluding hydrogens is 260 g/mol. The lowest BCUT2D eigenvalue weighted by molar-refractivity contribution is 0.155. The number of methoxy groups -OCH3 is 1. The van der Waals surface area contributed by atoms with E-state index in [1.165, 1.54) is 7.11 Å². The second-order valence-corrected chi connectivity index (χ2v) is 3.78. The maximum absolute atomic E-state index is 11.6. The number of anilines is 1. The van der Waals surface area contributed by atoms with Gasteiger partial charge in [-0.25, -0.2) is 4.79 Å². The lowest BCUT2D eigenvalue weighted by Crippen LogP contribution is -2.14. The lowest BCUT2D eigenvalue weighted by Gasteiger charge is -2.05. The Kier molecular flexibility index (Phi) is 4.19. The average molecular weight is 272 g/mol. The number of H-pyrrole nitrogens is 1. The summed E-state index contributed by atoms with van der Waals surface area (Å²) < 4.78 is 9.90. The molecule has 7 heteroatoms. The minimum Gasteiger partial charge on any atom is -0.479 e. The van der Waals surface area contributed by atoms with Gasteiger partial charge in [0.1, 0.15) is 12.7 Å². The molecule has 1 aromatic carbocycles. The van der Waals surface area contributed by atoms with Crippen LogP contribution in [0.5, 0.6) is 5.88 Å². The van der Waals surface area contributed by atoms with Gasteiger partial charge in [0.05, 0.1) is 7.11 Å². The van der Waals surface area contributed by atoms with Crippen molar-refractivity contribution in [2.24, 2.45) is 0 Å². The van der Waals surface area contributed by atoms with Gasteiger partial charge in [-0.2, -0.15) is 5.26 Å². The molecule has 0 atom stereocenters. The summed E-state index contributed by atoms with van der Waals surface area (Å²) in [7, 11) is 1.38. The minimum absolute atomic E-state index is 0.115. The van der Waals surface area contributed by atoms with E-state index in [0.717, 1.165) is 5.56 Å². The normalized spacial score (nSPS) is 9.60. The molecule has 0 bridgehead atoms. The maximum atomic E-state index is 11.6. The molecule has 0 saturated heterocycles. The summed E-state index contributed by atoms with van der Waals surface area (Å²) in [4.78, 5) is 11.6. The number of benzene rings is 1. The topological polar surface area (TPSA) is 100 Å². The van der Waals surface area contributed by atoms with Crippen molar-refractivity contribution in [2.45, 2.75) is 6.61 Å². The van der Waals surface area contributed by atoms with Crippen LogP contribution < -0.4 is 10.1 Å². The molecule has 1 amide bonds. The molecule has 0 spiro atoms. The van der Waals surface area contributed by atoms with Gasteiger partial charge >= 0.3 is 6.09 Å². The van der Waals surface area contributed by atoms with Crippen molar-refractivity contribution in [2.75, 3.05) is 12.4 Å². The van der Waals surface area contributed by atoms with E-state index >= 15 is 0 Å². The third-order valence-electron chi connectivity index (χ3n) is 2.48. The first-order chi connectivity index (χ1) is 9.74. The molecule has 2 N–H and O–H groups in total. The van der Waals surface area contributed by atoms with E-state index in [-0.39, 0.29) is 23.9 Å². The van der Waals surface area contributed by atoms with Crippen molar-refractivity contribution >= 4 is 11.9 Å². The highest BCUT2D eigenvalue weighted by Crippen LogP contribution is 2.21. The van der Waals surface area contributed by atoms with Crippen molar-refractivity contribution in [3.63, 3.8) is 0 Å². The largest absolute Gasteiger partial charge is 0.479 e. The van der Waals surface area contributed by atoms with Gasteiger partial charge in [0.2, 0.25) is 0 Å². The van der Waals surface area contributed by atoms with Crippen LogP contribution in [0.15, 0.2) is 30.3 Å². The molecule has 0 radical (unpaired) electrons. The minimum atomic E-state index is -0.684. The van der Waals surface area contributed by atoms with Gasteiger partial charge in [-0.15, -0.1) is 5.10 Å². The summed E-state index contributed by atoms with van der Waals surface area (Å²) in [5, 5.41) is 17.6. The Hall–Kier alpha value is -3.01. The summed E-state index contributed by atoms with van der Waals surface area (Å²) in [6.07, 6.45) is -0.684. The fourth-order valence-corrected chi connectivity index (χ4v) is 1.53. The zero-order chi connectivity index (χ0) is 14.4. The zero-order valence-corrected chi connectivity index (χ0v) is 10.7. The van der Waals surface area contributed by atoms with Crippen LogP contribution in [0.2, 0.25) is 0 Å². The smallest absolute Gasteiger partial charge is 0.413 e. The highest BCUT2D eigenvalue weighted by molar-refractivity contribution is 5.85. The molecule has 0 aliphatic rings. The van der Waals surface area contributed by atoms with E-state index < -0.39 is 6.09 Å². The summed E-state index contributed by atoms with van der Waals surface area (Å²) in [5.41, 5.74) is 0.981. The number of carbonyl (C=O) groups is 1. The van der Waals surface area contributed by atoms with Crippen LogP contribution in [0, 0.1) is 11.3 Å². The molecule has 2 aromatic rings. The number of amides is 1. The highest BCUT2D eigenvalue weighted by Gasteiger charge is 2.16. The molecule has 0 fully saturated rings. The molecule has 102 valence electrons. The SMILES string of the molecule is COc1n[nH]c(NC(=O)OCc2ccccc2)c1C#N. The van der Waals surface area contributed by atoms with E-state index in [9.17, 15) is 4.79 Å². The Morgan fingerprint density at radius 3 is 2.85 bits per heavy atom. The summed E-state index contributed by atoms with van der Waals surface area (Å²) in [6, 6.07) is 11.1. The standard InChI is InChI=1S/C13H12N4O3/c1-19-12-10(7-14)11(16-17-12)15-13(18)20-8-9-5-3-2-4-6-9/h2-6H,8H2,1H3,(H2,15,16,17,18). The average Bonchev–Trinajstić information content (AvgIpc) is 2.88. The van der Waals surface area contributed by atoms with E-state index in [4.69, 9.17) is 14.7 Å². The molecule has 0 aliphatic heterocycles. The Balaban J connectivity index is 1.95. The number of hydrogen-bond acceptors (Lipinski definition) is 5. The third-order valence-corrected chi connectivity index (χ3v) is 2.48. The maximum Gasteiger partial charge on any atom is 0.413 e. The molecule has 0 unspecified atom stereocenters. The van der Waals surface area contributed by atoms with Gasteiger partial charge in [0.25, 0.3) is 5.88 Å². The number of nitrogens with one attached hydrogen (secondary N) is 2. The van der Waals surface area contributed by atoms with Crippen molar-refractivity contribution in [3.8, 4) is 11.9 Å². The monoisotopic (exact) mass is 272 g/mol. The molecule has 1 heterocycles. The van der Waals surface area contributed by atoms with Crippen LogP contribution in [0.25, 0.3) is 0 Å². The van der Waals surface area contributed by atoms with E-state index in [2.05, 4.69) is 15.5 Å². The Morgan fingerprint density at radius 2 is 2.20 bits per heavy atom. The molecular formula is C13H12N4O3. The first kappa shape index (κ1) is 13.4. The quantitative estimate of drug-likeness (QED) is 0.887. The van der Waals surface area contributed by atoms with Crippen LogP contribution in [0.3, 0.4) is 0 Å². The second kappa shape index (κ2) is 6.24. The number of nitriles is 1. The molecule has 7 nitrogen and oxygen atoms in total. The first-order valence-corrected chi connectivity index (χ1v) is 5.74. The van der Waals surface area contributed by atoms with Gasteiger partial charge in [0, 0.05) is 0 Å². The summed E-state index contributed by atoms with van der Waals surface area (Å²) in [6.45, 7) is 0.139. The molecule has 2 rings (SSSR count). The van der Waals surface area contributed by atoms with Crippen molar-refractivity contribution in [1.82, 2.24) is 10.2 Å². The number of hydrogen-bond donors (Lipinski definition) is 2. The number of ether oxygens (including phenoxy) is 2. The highest BCUT2D eigenvalue weighted by atomic mass is 16.5. The Morgan fingerprint density at radius 1 is 1.45 bits per heavy atom. The van der Waals surface area contributed by atoms with Crippen LogP contribution in [-0.2, 0) is 11.3 Å². The summed E-state index contributed by atoms with van der Waals surface area (Å²) in [5.74, 6) is 0.258. The Bertz CT molecular complexity index is 631. The van der Waals surface area contributed by atoms with E-state index in [1.807, 2.05) is 36.4 Å². The third kappa shape index (κ3) is 3.05. The van der Waals surface area contributed by atoms with Gasteiger partial charge < -0.3 is 9.47 Å². The second-order valence-electron chi connectivity index (χ2n) is 3.78. The van der Waals surface area contributed by atoms with Crippen LogP contribution in [0.1, 0.15) is 11.1 Å². The van der Waals surface area contributed by atoms with E-state index in [1.54, 1.807) is 0 Å². The van der Waals surface area contributed by atoms with Crippen LogP contribution in [0.4, 0.5) is 10.6 Å². The first-order valence-electron chi connectivity index (χ1n) is 5.74. The number of aromatic amines is 1. The van der Waals surface area contributed by atoms with Crippen molar-refractivity contribution in [1.29, 1.82) is 5.26 Å². The fourth-order valence-electron chi connectivity index (χ4n) is 1.53. The van der Waals surface area contributed by atoms with Gasteiger partial charge in [-0.1, -0.05) is 30.3 Å². The molecule has 0 saturated carbocycles. The van der Waals surface area contributed by atoms with Crippen LogP contribution in [-0.4, -0.2) is 23.4 Å². The van der Waals surface area contributed by atoms with Crippen LogP contribution >= 0.6 is 0 Å². The predicted octanol–water partition coefficient (Wildman–Crippen LogP) is 2.04. The van der Waals surface area contributed by atoms with Gasteiger partial charge in [-0.3, -0.25) is 10.4 Å². The van der Waals surface area contributed by atoms with Gasteiger partial charge in [-0.05, 0) is 5.56 Å². The Labute approximate surface area is 115 Å². The number of nitrogens with zero attached hydrogens (tertiary/aromatic N) is 2. The molecule has 0 aliphatic carbocycles. The van der Waals surface area contributed by atoms with E-state index in [0.29, 0.717) is 0 Å². The molecule has 1 aromatic heterocycles. The van der Waals surface area contributed by atoms with Crippen molar-refractivity contribution < 1.29 is 14.3 Å². The number of carbonyl (C=O) groups excluding carboxylic acids is 1. The molecule has 20 heavy (non-hydrogen) atoms. The lowest BCUT2D eigenvalue weighted by atomic mass is 10.2. The zero-order valence-electron chi connectivity index (χ0n) is 10.7. The van der Waals surface area contributed by atoms with Gasteiger partial charge in [0.15, 0.2) is 11.4 Å². The number of rotatable bonds is 4. The predicted molar refractivity (Wildman–Crippen MR) is 70.1 cm³/mol. The fraction of sp³-hybridized carbons (Fsp3) is 0.154. The summed E-state index contributed by atoms with van der Waals surface area (Å²) >= 11 is 0.